The molecule has 2 rings (SSSR count). The Balaban J connectivity index is 1.97. The van der Waals surface area contributed by atoms with Crippen LogP contribution in [0.2, 0.25) is 0 Å². The molecule has 2 atom stereocenters. The number of rotatable bonds is 3. The fourth-order valence-electron chi connectivity index (χ4n) is 2.17. The zero-order chi connectivity index (χ0) is 11.5. The molecule has 4 heteroatoms. The average molecular weight is 235 g/mol. The first-order valence-corrected chi connectivity index (χ1v) is 6.08. The third-order valence-electron chi connectivity index (χ3n) is 3.09. The molecule has 0 spiro atoms. The van der Waals surface area contributed by atoms with Crippen LogP contribution in [0.25, 0.3) is 0 Å². The van der Waals surface area contributed by atoms with Gasteiger partial charge in [-0.25, -0.2) is 4.98 Å². The molecule has 0 aromatic carbocycles. The van der Waals surface area contributed by atoms with Crippen LogP contribution in [0.3, 0.4) is 0 Å². The average Bonchev–Trinajstić information content (AvgIpc) is 2.65. The molecule has 1 heterocycles. The van der Waals surface area contributed by atoms with E-state index in [0.717, 1.165) is 17.3 Å². The molecule has 2 unspecified atom stereocenters. The first-order valence-electron chi connectivity index (χ1n) is 5.67. The van der Waals surface area contributed by atoms with E-state index in [9.17, 15) is 0 Å². The van der Waals surface area contributed by atoms with Gasteiger partial charge in [-0.3, -0.25) is 0 Å². The molecule has 16 heavy (non-hydrogen) atoms. The van der Waals surface area contributed by atoms with Crippen LogP contribution in [0, 0.1) is 5.92 Å². The van der Waals surface area contributed by atoms with Crippen molar-refractivity contribution in [3.05, 3.63) is 23.9 Å². The monoisotopic (exact) mass is 235 g/mol. The van der Waals surface area contributed by atoms with Gasteiger partial charge in [0.2, 0.25) is 0 Å². The van der Waals surface area contributed by atoms with Gasteiger partial charge < -0.3 is 11.1 Å². The maximum absolute atomic E-state index is 5.52. The summed E-state index contributed by atoms with van der Waals surface area (Å²) >= 11 is 4.88. The molecule has 1 aliphatic carbocycles. The molecule has 86 valence electrons. The van der Waals surface area contributed by atoms with E-state index in [4.69, 9.17) is 18.0 Å². The highest BCUT2D eigenvalue weighted by Crippen LogP contribution is 2.26. The van der Waals surface area contributed by atoms with Crippen LogP contribution >= 0.6 is 12.2 Å². The lowest BCUT2D eigenvalue weighted by Crippen LogP contribution is -2.16. The van der Waals surface area contributed by atoms with Gasteiger partial charge in [-0.2, -0.15) is 0 Å². The topological polar surface area (TPSA) is 50.9 Å². The highest BCUT2D eigenvalue weighted by Gasteiger charge is 2.21. The van der Waals surface area contributed by atoms with Crippen molar-refractivity contribution in [2.75, 3.05) is 5.32 Å². The summed E-state index contributed by atoms with van der Waals surface area (Å²) in [4.78, 5) is 4.71. The lowest BCUT2D eigenvalue weighted by atomic mass is 10.1. The molecule has 1 aromatic rings. The van der Waals surface area contributed by atoms with Crippen LogP contribution in [0.5, 0.6) is 0 Å². The summed E-state index contributed by atoms with van der Waals surface area (Å²) in [6, 6.07) is 4.42. The number of aromatic nitrogens is 1. The minimum Gasteiger partial charge on any atom is -0.389 e. The maximum Gasteiger partial charge on any atom is 0.126 e. The van der Waals surface area contributed by atoms with Crippen molar-refractivity contribution in [3.8, 4) is 0 Å². The predicted octanol–water partition coefficient (Wildman–Crippen LogP) is 2.32. The minimum absolute atomic E-state index is 0.397. The second-order valence-electron chi connectivity index (χ2n) is 4.56. The Kier molecular flexibility index (Phi) is 3.39. The molecular weight excluding hydrogens is 218 g/mol. The molecular formula is C12H17N3S. The normalized spacial score (nSPS) is 24.3. The smallest absolute Gasteiger partial charge is 0.126 e. The van der Waals surface area contributed by atoms with E-state index in [-0.39, 0.29) is 0 Å². The third-order valence-corrected chi connectivity index (χ3v) is 3.33. The molecule has 1 aliphatic rings. The van der Waals surface area contributed by atoms with Gasteiger partial charge in [0.15, 0.2) is 0 Å². The van der Waals surface area contributed by atoms with Crippen LogP contribution in [-0.4, -0.2) is 16.0 Å². The Labute approximate surface area is 101 Å². The maximum atomic E-state index is 5.52. The van der Waals surface area contributed by atoms with Gasteiger partial charge in [0.25, 0.3) is 0 Å². The second-order valence-corrected chi connectivity index (χ2v) is 5.00. The Bertz CT molecular complexity index is 374. The summed E-state index contributed by atoms with van der Waals surface area (Å²) in [5.41, 5.74) is 6.34. The summed E-state index contributed by atoms with van der Waals surface area (Å²) in [5.74, 6) is 1.74. The van der Waals surface area contributed by atoms with E-state index >= 15 is 0 Å². The lowest BCUT2D eigenvalue weighted by molar-refractivity contribution is 0.602. The minimum atomic E-state index is 0.397. The number of nitrogens with one attached hydrogen (secondary N) is 1. The Morgan fingerprint density at radius 2 is 2.31 bits per heavy atom. The molecule has 1 fully saturated rings. The lowest BCUT2D eigenvalue weighted by Gasteiger charge is -2.13. The number of nitrogens with zero attached hydrogens (tertiary/aromatic N) is 1. The number of thiocarbonyl (C=S) groups is 1. The summed E-state index contributed by atoms with van der Waals surface area (Å²) < 4.78 is 0. The molecule has 3 nitrogen and oxygen atoms in total. The van der Waals surface area contributed by atoms with E-state index in [1.54, 1.807) is 6.20 Å². The van der Waals surface area contributed by atoms with E-state index in [2.05, 4.69) is 17.2 Å². The number of nitrogens with two attached hydrogens (primary N) is 1. The van der Waals surface area contributed by atoms with Crippen molar-refractivity contribution >= 4 is 23.0 Å². The van der Waals surface area contributed by atoms with Crippen molar-refractivity contribution < 1.29 is 0 Å². The Hall–Kier alpha value is -1.16. The van der Waals surface area contributed by atoms with Gasteiger partial charge >= 0.3 is 0 Å². The van der Waals surface area contributed by atoms with Crippen LogP contribution in [0.4, 0.5) is 5.82 Å². The number of hydrogen-bond acceptors (Lipinski definition) is 3. The highest BCUT2D eigenvalue weighted by atomic mass is 32.1. The number of anilines is 1. The SMILES string of the molecule is CC1CCC(Nc2ccc(C(N)=S)cn2)C1. The van der Waals surface area contributed by atoms with Gasteiger partial charge in [0, 0.05) is 17.8 Å². The third kappa shape index (κ3) is 2.70. The van der Waals surface area contributed by atoms with Crippen LogP contribution < -0.4 is 11.1 Å². The zero-order valence-electron chi connectivity index (χ0n) is 9.44. The van der Waals surface area contributed by atoms with E-state index < -0.39 is 0 Å². The van der Waals surface area contributed by atoms with Gasteiger partial charge in [-0.15, -0.1) is 0 Å². The van der Waals surface area contributed by atoms with Gasteiger partial charge in [0.05, 0.1) is 0 Å². The van der Waals surface area contributed by atoms with E-state index in [1.165, 1.54) is 19.3 Å². The van der Waals surface area contributed by atoms with Crippen LogP contribution in [0.15, 0.2) is 18.3 Å². The molecule has 0 aliphatic heterocycles. The summed E-state index contributed by atoms with van der Waals surface area (Å²) in [6.07, 6.45) is 5.50. The number of pyridine rings is 1. The van der Waals surface area contributed by atoms with Crippen molar-refractivity contribution in [1.82, 2.24) is 4.98 Å². The summed E-state index contributed by atoms with van der Waals surface area (Å²) in [7, 11) is 0. The van der Waals surface area contributed by atoms with Gasteiger partial charge in [-0.05, 0) is 37.3 Å². The van der Waals surface area contributed by atoms with Crippen LogP contribution in [0.1, 0.15) is 31.7 Å². The largest absolute Gasteiger partial charge is 0.389 e. The second kappa shape index (κ2) is 4.78. The van der Waals surface area contributed by atoms with Crippen LogP contribution in [-0.2, 0) is 0 Å². The first-order chi connectivity index (χ1) is 7.65. The predicted molar refractivity (Wildman–Crippen MR) is 70.6 cm³/mol. The number of hydrogen-bond donors (Lipinski definition) is 2. The fraction of sp³-hybridized carbons (Fsp3) is 0.500. The van der Waals surface area contributed by atoms with Crippen molar-refractivity contribution in [3.63, 3.8) is 0 Å². The molecule has 0 amide bonds. The van der Waals surface area contributed by atoms with Gasteiger partial charge in [0.1, 0.15) is 10.8 Å². The van der Waals surface area contributed by atoms with E-state index in [1.807, 2.05) is 12.1 Å². The standard InChI is InChI=1S/C12H17N3S/c1-8-2-4-10(6-8)15-11-5-3-9(7-14-11)12(13)16/h3,5,7-8,10H,2,4,6H2,1H3,(H2,13,16)(H,14,15). The molecule has 0 radical (unpaired) electrons. The highest BCUT2D eigenvalue weighted by molar-refractivity contribution is 7.80. The molecule has 0 bridgehead atoms. The Morgan fingerprint density at radius 1 is 1.50 bits per heavy atom. The summed E-state index contributed by atoms with van der Waals surface area (Å²) in [5, 5.41) is 3.44. The quantitative estimate of drug-likeness (QED) is 0.789. The Morgan fingerprint density at radius 3 is 2.81 bits per heavy atom. The molecule has 1 aromatic heterocycles. The molecule has 3 N–H and O–H groups in total. The summed E-state index contributed by atoms with van der Waals surface area (Å²) in [6.45, 7) is 2.30. The molecule has 1 saturated carbocycles. The van der Waals surface area contributed by atoms with Crippen molar-refractivity contribution in [2.24, 2.45) is 11.7 Å². The first kappa shape index (κ1) is 11.3. The zero-order valence-corrected chi connectivity index (χ0v) is 10.3. The fourth-order valence-corrected chi connectivity index (χ4v) is 2.29. The van der Waals surface area contributed by atoms with E-state index in [0.29, 0.717) is 11.0 Å². The van der Waals surface area contributed by atoms with Crippen molar-refractivity contribution in [2.45, 2.75) is 32.2 Å². The van der Waals surface area contributed by atoms with Gasteiger partial charge in [-0.1, -0.05) is 19.1 Å². The van der Waals surface area contributed by atoms with Crippen molar-refractivity contribution in [1.29, 1.82) is 0 Å². The molecule has 0 saturated heterocycles.